The van der Waals surface area contributed by atoms with E-state index in [9.17, 15) is 9.90 Å². The Labute approximate surface area is 102 Å². The first-order valence-electron chi connectivity index (χ1n) is 6.45. The fourth-order valence-electron chi connectivity index (χ4n) is 2.80. The summed E-state index contributed by atoms with van der Waals surface area (Å²) in [6, 6.07) is 0. The molecule has 0 aromatic rings. The molecule has 0 radical (unpaired) electrons. The second-order valence-electron chi connectivity index (χ2n) is 5.10. The Morgan fingerprint density at radius 1 is 1.47 bits per heavy atom. The van der Waals surface area contributed by atoms with Gasteiger partial charge in [-0.2, -0.15) is 0 Å². The van der Waals surface area contributed by atoms with Crippen molar-refractivity contribution in [3.63, 3.8) is 0 Å². The van der Waals surface area contributed by atoms with E-state index in [4.69, 9.17) is 10.5 Å². The highest BCUT2D eigenvalue weighted by atomic mass is 16.5. The van der Waals surface area contributed by atoms with Gasteiger partial charge in [0.15, 0.2) is 0 Å². The second kappa shape index (κ2) is 5.33. The summed E-state index contributed by atoms with van der Waals surface area (Å²) in [5, 5.41) is 9.71. The molecule has 2 aliphatic heterocycles. The molecule has 5 heteroatoms. The van der Waals surface area contributed by atoms with Crippen molar-refractivity contribution >= 4 is 5.91 Å². The van der Waals surface area contributed by atoms with Crippen LogP contribution in [0, 0.1) is 0 Å². The van der Waals surface area contributed by atoms with Crippen LogP contribution in [0.25, 0.3) is 0 Å². The van der Waals surface area contributed by atoms with Gasteiger partial charge in [0.2, 0.25) is 5.91 Å². The second-order valence-corrected chi connectivity index (χ2v) is 5.10. The van der Waals surface area contributed by atoms with Crippen LogP contribution in [0.4, 0.5) is 0 Å². The Kier molecular flexibility index (Phi) is 4.01. The van der Waals surface area contributed by atoms with Crippen LogP contribution in [0.2, 0.25) is 0 Å². The lowest BCUT2D eigenvalue weighted by Crippen LogP contribution is -2.51. The van der Waals surface area contributed by atoms with Crippen molar-refractivity contribution in [2.75, 3.05) is 26.2 Å². The maximum Gasteiger partial charge on any atom is 0.223 e. The van der Waals surface area contributed by atoms with Gasteiger partial charge in [0.05, 0.1) is 11.7 Å². The van der Waals surface area contributed by atoms with Gasteiger partial charge < -0.3 is 20.5 Å². The number of nitrogens with two attached hydrogens (primary N) is 1. The highest BCUT2D eigenvalue weighted by Gasteiger charge is 2.40. The molecule has 0 saturated carbocycles. The predicted molar refractivity (Wildman–Crippen MR) is 63.4 cm³/mol. The van der Waals surface area contributed by atoms with Crippen LogP contribution in [-0.4, -0.2) is 53.9 Å². The van der Waals surface area contributed by atoms with Crippen LogP contribution in [0.1, 0.15) is 32.1 Å². The highest BCUT2D eigenvalue weighted by Crippen LogP contribution is 2.35. The number of likely N-dealkylation sites (tertiary alicyclic amines) is 1. The summed E-state index contributed by atoms with van der Waals surface area (Å²) in [5.41, 5.74) is 5.20. The molecular weight excluding hydrogens is 220 g/mol. The van der Waals surface area contributed by atoms with Crippen LogP contribution in [0.15, 0.2) is 0 Å². The number of piperidine rings is 1. The molecule has 2 saturated heterocycles. The fourth-order valence-corrected chi connectivity index (χ4v) is 2.80. The summed E-state index contributed by atoms with van der Waals surface area (Å²) in [6.07, 6.45) is 3.30. The van der Waals surface area contributed by atoms with Gasteiger partial charge in [-0.15, -0.1) is 0 Å². The van der Waals surface area contributed by atoms with Gasteiger partial charge in [0.1, 0.15) is 0 Å². The van der Waals surface area contributed by atoms with Crippen molar-refractivity contribution < 1.29 is 14.6 Å². The molecule has 5 nitrogen and oxygen atoms in total. The van der Waals surface area contributed by atoms with Crippen molar-refractivity contribution in [1.82, 2.24) is 4.90 Å². The quantitative estimate of drug-likeness (QED) is 0.707. The molecule has 98 valence electrons. The molecule has 3 N–H and O–H groups in total. The molecule has 17 heavy (non-hydrogen) atoms. The van der Waals surface area contributed by atoms with E-state index in [2.05, 4.69) is 0 Å². The normalized spacial score (nSPS) is 28.4. The minimum absolute atomic E-state index is 0.138. The third-order valence-corrected chi connectivity index (χ3v) is 3.85. The molecule has 0 aromatic carbocycles. The Hall–Kier alpha value is -0.650. The molecule has 2 aliphatic rings. The van der Waals surface area contributed by atoms with Gasteiger partial charge >= 0.3 is 0 Å². The Bertz CT molecular complexity index is 275. The monoisotopic (exact) mass is 242 g/mol. The largest absolute Gasteiger partial charge is 0.393 e. The highest BCUT2D eigenvalue weighted by molar-refractivity contribution is 5.76. The molecule has 2 rings (SSSR count). The number of rotatable bonds is 2. The first kappa shape index (κ1) is 12.8. The third kappa shape index (κ3) is 2.97. The topological polar surface area (TPSA) is 75.8 Å². The van der Waals surface area contributed by atoms with Crippen molar-refractivity contribution in [1.29, 1.82) is 0 Å². The molecule has 0 bridgehead atoms. The van der Waals surface area contributed by atoms with E-state index in [1.807, 2.05) is 4.90 Å². The first-order valence-corrected chi connectivity index (χ1v) is 6.45. The van der Waals surface area contributed by atoms with Gasteiger partial charge in [-0.3, -0.25) is 4.79 Å². The zero-order chi connectivity index (χ0) is 12.3. The molecule has 1 unspecified atom stereocenters. The number of amides is 1. The number of ether oxygens (including phenoxy) is 1. The molecule has 0 aromatic heterocycles. The molecule has 1 atom stereocenters. The lowest BCUT2D eigenvalue weighted by atomic mass is 9.83. The summed E-state index contributed by atoms with van der Waals surface area (Å²) in [4.78, 5) is 13.6. The number of aliphatic hydroxyl groups excluding tert-OH is 1. The van der Waals surface area contributed by atoms with E-state index >= 15 is 0 Å². The number of carbonyl (C=O) groups excluding carboxylic acids is 1. The minimum atomic E-state index is -0.241. The molecule has 0 aliphatic carbocycles. The SMILES string of the molecule is NCCC(=O)N1CCC2(CC1)CC(O)CCO2. The Balaban J connectivity index is 1.86. The average Bonchev–Trinajstić information content (AvgIpc) is 2.30. The minimum Gasteiger partial charge on any atom is -0.393 e. The van der Waals surface area contributed by atoms with E-state index in [1.54, 1.807) is 0 Å². The van der Waals surface area contributed by atoms with E-state index < -0.39 is 0 Å². The maximum atomic E-state index is 11.7. The van der Waals surface area contributed by atoms with Crippen LogP contribution in [0.5, 0.6) is 0 Å². The maximum absolute atomic E-state index is 11.7. The zero-order valence-corrected chi connectivity index (χ0v) is 10.2. The zero-order valence-electron chi connectivity index (χ0n) is 10.2. The van der Waals surface area contributed by atoms with Gasteiger partial charge in [0, 0.05) is 39.1 Å². The van der Waals surface area contributed by atoms with Crippen molar-refractivity contribution in [3.05, 3.63) is 0 Å². The van der Waals surface area contributed by atoms with E-state index in [0.717, 1.165) is 32.4 Å². The Morgan fingerprint density at radius 3 is 2.76 bits per heavy atom. The van der Waals surface area contributed by atoms with Crippen LogP contribution in [-0.2, 0) is 9.53 Å². The molecular formula is C12H22N2O3. The number of aliphatic hydroxyl groups is 1. The molecule has 1 spiro atoms. The predicted octanol–water partition coefficient (Wildman–Crippen LogP) is -0.132. The van der Waals surface area contributed by atoms with Gasteiger partial charge in [-0.05, 0) is 19.3 Å². The number of hydrogen-bond donors (Lipinski definition) is 2. The van der Waals surface area contributed by atoms with Gasteiger partial charge in [-0.1, -0.05) is 0 Å². The van der Waals surface area contributed by atoms with Gasteiger partial charge in [-0.25, -0.2) is 0 Å². The fraction of sp³-hybridized carbons (Fsp3) is 0.917. The summed E-state index contributed by atoms with van der Waals surface area (Å²) >= 11 is 0. The average molecular weight is 242 g/mol. The lowest BCUT2D eigenvalue weighted by molar-refractivity contribution is -0.153. The van der Waals surface area contributed by atoms with Gasteiger partial charge in [0.25, 0.3) is 0 Å². The van der Waals surface area contributed by atoms with Crippen molar-refractivity contribution in [2.24, 2.45) is 5.73 Å². The summed E-state index contributed by atoms with van der Waals surface area (Å²) in [7, 11) is 0. The van der Waals surface area contributed by atoms with E-state index in [-0.39, 0.29) is 17.6 Å². The lowest BCUT2D eigenvalue weighted by Gasteiger charge is -2.45. The van der Waals surface area contributed by atoms with Crippen LogP contribution >= 0.6 is 0 Å². The number of hydrogen-bond acceptors (Lipinski definition) is 4. The summed E-state index contributed by atoms with van der Waals surface area (Å²) < 4.78 is 5.84. The number of nitrogens with zero attached hydrogens (tertiary/aromatic N) is 1. The third-order valence-electron chi connectivity index (χ3n) is 3.85. The van der Waals surface area contributed by atoms with E-state index in [0.29, 0.717) is 26.0 Å². The Morgan fingerprint density at radius 2 is 2.18 bits per heavy atom. The molecule has 2 heterocycles. The molecule has 1 amide bonds. The number of carbonyl (C=O) groups is 1. The molecule has 2 fully saturated rings. The summed E-state index contributed by atoms with van der Waals surface area (Å²) in [5.74, 6) is 0.138. The van der Waals surface area contributed by atoms with E-state index in [1.165, 1.54) is 0 Å². The van der Waals surface area contributed by atoms with Crippen LogP contribution < -0.4 is 5.73 Å². The smallest absolute Gasteiger partial charge is 0.223 e. The summed E-state index contributed by atoms with van der Waals surface area (Å²) in [6.45, 7) is 2.50. The standard InChI is InChI=1S/C12H22N2O3/c13-5-1-11(16)14-6-3-12(4-7-14)9-10(15)2-8-17-12/h10,15H,1-9,13H2. The van der Waals surface area contributed by atoms with Crippen LogP contribution in [0.3, 0.4) is 0 Å². The first-order chi connectivity index (χ1) is 8.15. The van der Waals surface area contributed by atoms with Crippen molar-refractivity contribution in [2.45, 2.75) is 43.8 Å². The van der Waals surface area contributed by atoms with Crippen molar-refractivity contribution in [3.8, 4) is 0 Å².